The lowest BCUT2D eigenvalue weighted by molar-refractivity contribution is -0.142. The fourth-order valence-corrected chi connectivity index (χ4v) is 2.38. The molecular formula is C12H23NO2. The molecule has 0 aromatic heterocycles. The molecule has 0 saturated heterocycles. The summed E-state index contributed by atoms with van der Waals surface area (Å²) < 4.78 is 4.65. The van der Waals surface area contributed by atoms with Crippen LogP contribution in [0.1, 0.15) is 51.4 Å². The van der Waals surface area contributed by atoms with Crippen molar-refractivity contribution in [3.8, 4) is 0 Å². The Morgan fingerprint density at radius 3 is 2.33 bits per heavy atom. The molecule has 1 rings (SSSR count). The lowest BCUT2D eigenvalue weighted by Crippen LogP contribution is -2.33. The predicted octanol–water partition coefficient (Wildman–Crippen LogP) is 2.24. The molecule has 15 heavy (non-hydrogen) atoms. The van der Waals surface area contributed by atoms with Crippen molar-refractivity contribution >= 4 is 5.97 Å². The van der Waals surface area contributed by atoms with Gasteiger partial charge in [-0.25, -0.2) is 0 Å². The highest BCUT2D eigenvalue weighted by atomic mass is 16.5. The van der Waals surface area contributed by atoms with Gasteiger partial charge in [0.1, 0.15) is 6.04 Å². The van der Waals surface area contributed by atoms with Gasteiger partial charge in [-0.05, 0) is 12.3 Å². The van der Waals surface area contributed by atoms with Crippen molar-refractivity contribution < 1.29 is 9.53 Å². The van der Waals surface area contributed by atoms with Crippen LogP contribution in [0.15, 0.2) is 0 Å². The number of nitrogens with two attached hydrogens (primary N) is 1. The molecule has 1 aliphatic rings. The molecule has 2 N–H and O–H groups in total. The average Bonchev–Trinajstić information content (AvgIpc) is 2.20. The van der Waals surface area contributed by atoms with Crippen molar-refractivity contribution in [2.75, 3.05) is 7.11 Å². The molecule has 1 saturated carbocycles. The Morgan fingerprint density at radius 1 is 1.27 bits per heavy atom. The molecule has 0 amide bonds. The van der Waals surface area contributed by atoms with Crippen LogP contribution < -0.4 is 5.73 Å². The monoisotopic (exact) mass is 213 g/mol. The van der Waals surface area contributed by atoms with Gasteiger partial charge in [-0.2, -0.15) is 0 Å². The maximum atomic E-state index is 11.2. The second-order valence-corrected chi connectivity index (χ2v) is 4.58. The lowest BCUT2D eigenvalue weighted by Gasteiger charge is -2.21. The minimum absolute atomic E-state index is 0.267. The molecule has 88 valence electrons. The summed E-state index contributed by atoms with van der Waals surface area (Å²) in [7, 11) is 1.40. The van der Waals surface area contributed by atoms with Crippen LogP contribution in [0.4, 0.5) is 0 Å². The Hall–Kier alpha value is -0.570. The molecule has 0 aromatic carbocycles. The van der Waals surface area contributed by atoms with E-state index in [0.29, 0.717) is 5.92 Å². The number of esters is 1. The van der Waals surface area contributed by atoms with E-state index in [-0.39, 0.29) is 5.97 Å². The molecule has 0 unspecified atom stereocenters. The zero-order valence-electron chi connectivity index (χ0n) is 9.71. The molecule has 0 spiro atoms. The third-order valence-corrected chi connectivity index (χ3v) is 3.32. The zero-order valence-corrected chi connectivity index (χ0v) is 9.71. The van der Waals surface area contributed by atoms with E-state index >= 15 is 0 Å². The Kier molecular flexibility index (Phi) is 5.69. The van der Waals surface area contributed by atoms with Crippen LogP contribution in [0.25, 0.3) is 0 Å². The first-order valence-corrected chi connectivity index (χ1v) is 6.07. The van der Waals surface area contributed by atoms with Gasteiger partial charge in [0.15, 0.2) is 0 Å². The zero-order chi connectivity index (χ0) is 11.1. The third kappa shape index (κ3) is 4.65. The van der Waals surface area contributed by atoms with Gasteiger partial charge in [0, 0.05) is 0 Å². The summed E-state index contributed by atoms with van der Waals surface area (Å²) in [5.74, 6) is 0.358. The van der Waals surface area contributed by atoms with Crippen molar-refractivity contribution in [3.05, 3.63) is 0 Å². The van der Waals surface area contributed by atoms with Crippen LogP contribution in [0.3, 0.4) is 0 Å². The first-order chi connectivity index (χ1) is 7.24. The van der Waals surface area contributed by atoms with E-state index in [4.69, 9.17) is 5.73 Å². The largest absolute Gasteiger partial charge is 0.468 e. The number of carbonyl (C=O) groups excluding carboxylic acids is 1. The second-order valence-electron chi connectivity index (χ2n) is 4.58. The molecule has 0 aromatic rings. The van der Waals surface area contributed by atoms with E-state index in [1.54, 1.807) is 0 Å². The van der Waals surface area contributed by atoms with Crippen LogP contribution in [-0.4, -0.2) is 19.1 Å². The summed E-state index contributed by atoms with van der Waals surface area (Å²) in [6.45, 7) is 0. The van der Waals surface area contributed by atoms with E-state index < -0.39 is 6.04 Å². The lowest BCUT2D eigenvalue weighted by atomic mass is 9.87. The minimum Gasteiger partial charge on any atom is -0.468 e. The summed E-state index contributed by atoms with van der Waals surface area (Å²) in [5, 5.41) is 0. The van der Waals surface area contributed by atoms with E-state index in [1.165, 1.54) is 52.1 Å². The molecule has 3 nitrogen and oxygen atoms in total. The smallest absolute Gasteiger partial charge is 0.322 e. The van der Waals surface area contributed by atoms with Crippen molar-refractivity contribution in [2.24, 2.45) is 11.7 Å². The fourth-order valence-electron chi connectivity index (χ4n) is 2.38. The second kappa shape index (κ2) is 6.83. The molecular weight excluding hydrogens is 190 g/mol. The number of ether oxygens (including phenoxy) is 1. The maximum Gasteiger partial charge on any atom is 0.322 e. The van der Waals surface area contributed by atoms with Gasteiger partial charge in [-0.1, -0.05) is 44.9 Å². The molecule has 0 heterocycles. The molecule has 1 aliphatic carbocycles. The van der Waals surface area contributed by atoms with Gasteiger partial charge in [-0.3, -0.25) is 4.79 Å². The quantitative estimate of drug-likeness (QED) is 0.731. The van der Waals surface area contributed by atoms with Crippen LogP contribution in [-0.2, 0) is 9.53 Å². The third-order valence-electron chi connectivity index (χ3n) is 3.32. The standard InChI is InChI=1S/C12H23NO2/c1-15-12(14)11(13)9-10-7-5-3-2-4-6-8-10/h10-11H,2-9,13H2,1H3/t11-/m1/s1. The summed E-state index contributed by atoms with van der Waals surface area (Å²) in [4.78, 5) is 11.2. The highest BCUT2D eigenvalue weighted by Gasteiger charge is 2.20. The van der Waals surface area contributed by atoms with Crippen LogP contribution in [0, 0.1) is 5.92 Å². The van der Waals surface area contributed by atoms with Crippen LogP contribution in [0.5, 0.6) is 0 Å². The van der Waals surface area contributed by atoms with Crippen LogP contribution >= 0.6 is 0 Å². The highest BCUT2D eigenvalue weighted by molar-refractivity contribution is 5.75. The van der Waals surface area contributed by atoms with Gasteiger partial charge in [0.05, 0.1) is 7.11 Å². The molecule has 0 aliphatic heterocycles. The molecule has 1 atom stereocenters. The van der Waals surface area contributed by atoms with Crippen molar-refractivity contribution in [1.29, 1.82) is 0 Å². The van der Waals surface area contributed by atoms with Gasteiger partial charge in [0.2, 0.25) is 0 Å². The number of methoxy groups -OCH3 is 1. The number of hydrogen-bond acceptors (Lipinski definition) is 3. The first kappa shape index (κ1) is 12.5. The Balaban J connectivity index is 2.31. The average molecular weight is 213 g/mol. The Labute approximate surface area is 92.4 Å². The summed E-state index contributed by atoms with van der Waals surface area (Å²) in [6.07, 6.45) is 9.88. The van der Waals surface area contributed by atoms with E-state index in [1.807, 2.05) is 0 Å². The molecule has 3 heteroatoms. The van der Waals surface area contributed by atoms with E-state index in [9.17, 15) is 4.79 Å². The number of rotatable bonds is 3. The Bertz CT molecular complexity index is 186. The topological polar surface area (TPSA) is 52.3 Å². The van der Waals surface area contributed by atoms with Gasteiger partial charge in [-0.15, -0.1) is 0 Å². The number of carbonyl (C=O) groups is 1. The fraction of sp³-hybridized carbons (Fsp3) is 0.917. The summed E-state index contributed by atoms with van der Waals surface area (Å²) in [5.41, 5.74) is 5.77. The van der Waals surface area contributed by atoms with Crippen molar-refractivity contribution in [1.82, 2.24) is 0 Å². The molecule has 1 fully saturated rings. The summed E-state index contributed by atoms with van der Waals surface area (Å²) in [6, 6.07) is -0.417. The Morgan fingerprint density at radius 2 is 1.80 bits per heavy atom. The van der Waals surface area contributed by atoms with Crippen molar-refractivity contribution in [2.45, 2.75) is 57.4 Å². The van der Waals surface area contributed by atoms with Gasteiger partial charge < -0.3 is 10.5 Å². The van der Waals surface area contributed by atoms with E-state index in [2.05, 4.69) is 4.74 Å². The minimum atomic E-state index is -0.417. The number of hydrogen-bond donors (Lipinski definition) is 1. The maximum absolute atomic E-state index is 11.2. The molecule has 0 radical (unpaired) electrons. The van der Waals surface area contributed by atoms with E-state index in [0.717, 1.165) is 6.42 Å². The SMILES string of the molecule is COC(=O)[C@H](N)CC1CCCCCCC1. The summed E-state index contributed by atoms with van der Waals surface area (Å²) >= 11 is 0. The molecule has 0 bridgehead atoms. The predicted molar refractivity (Wildman–Crippen MR) is 60.4 cm³/mol. The van der Waals surface area contributed by atoms with Crippen molar-refractivity contribution in [3.63, 3.8) is 0 Å². The first-order valence-electron chi connectivity index (χ1n) is 6.07. The van der Waals surface area contributed by atoms with Crippen LogP contribution in [0.2, 0.25) is 0 Å². The highest BCUT2D eigenvalue weighted by Crippen LogP contribution is 2.25. The van der Waals surface area contributed by atoms with Gasteiger partial charge in [0.25, 0.3) is 0 Å². The normalized spacial score (nSPS) is 21.5. The van der Waals surface area contributed by atoms with Gasteiger partial charge >= 0.3 is 5.97 Å².